The zero-order valence-corrected chi connectivity index (χ0v) is 10.9. The number of phenols is 1. The average molecular weight is 265 g/mol. The molecule has 1 aromatic carbocycles. The van der Waals surface area contributed by atoms with Gasteiger partial charge in [0.05, 0.1) is 0 Å². The van der Waals surface area contributed by atoms with Gasteiger partial charge in [-0.15, -0.1) is 0 Å². The molecule has 0 aliphatic carbocycles. The van der Waals surface area contributed by atoms with Crippen molar-refractivity contribution in [1.82, 2.24) is 5.32 Å². The molecule has 1 aromatic rings. The summed E-state index contributed by atoms with van der Waals surface area (Å²) in [6, 6.07) is 6.57. The molecule has 5 heteroatoms. The molecule has 0 heterocycles. The number of carbonyl (C=O) groups excluding carboxylic acids is 2. The van der Waals surface area contributed by atoms with Crippen LogP contribution in [0.5, 0.6) is 5.75 Å². The molecule has 0 bridgehead atoms. The zero-order valence-electron chi connectivity index (χ0n) is 10.1. The lowest BCUT2D eigenvalue weighted by atomic mass is 10.2. The van der Waals surface area contributed by atoms with Crippen molar-refractivity contribution >= 4 is 28.9 Å². The normalized spacial score (nSPS) is 10.5. The fourth-order valence-electron chi connectivity index (χ4n) is 1.18. The number of amides is 1. The molecule has 1 amide bonds. The molecule has 0 aromatic heterocycles. The van der Waals surface area contributed by atoms with E-state index in [0.29, 0.717) is 12.3 Å². The van der Waals surface area contributed by atoms with E-state index in [1.807, 2.05) is 0 Å². The number of phenolic OH excluding ortho intramolecular Hbond substituents is 1. The minimum Gasteiger partial charge on any atom is -0.508 e. The van der Waals surface area contributed by atoms with E-state index < -0.39 is 0 Å². The van der Waals surface area contributed by atoms with Gasteiger partial charge in [-0.1, -0.05) is 30.0 Å². The van der Waals surface area contributed by atoms with Gasteiger partial charge in [-0.25, -0.2) is 0 Å². The Labute approximate surface area is 110 Å². The maximum atomic E-state index is 11.4. The molecule has 0 radical (unpaired) electrons. The van der Waals surface area contributed by atoms with Crippen LogP contribution in [0.25, 0.3) is 6.08 Å². The van der Waals surface area contributed by atoms with Crippen molar-refractivity contribution < 1.29 is 14.7 Å². The molecule has 0 aliphatic heterocycles. The fraction of sp³-hybridized carbons (Fsp3) is 0.231. The van der Waals surface area contributed by atoms with Crippen LogP contribution in [-0.2, 0) is 9.59 Å². The number of hydrogen-bond acceptors (Lipinski definition) is 4. The Morgan fingerprint density at radius 3 is 2.61 bits per heavy atom. The van der Waals surface area contributed by atoms with Gasteiger partial charge in [0.25, 0.3) is 0 Å². The summed E-state index contributed by atoms with van der Waals surface area (Å²) < 4.78 is 0. The monoisotopic (exact) mass is 265 g/mol. The van der Waals surface area contributed by atoms with Crippen molar-refractivity contribution in [3.8, 4) is 5.75 Å². The average Bonchev–Trinajstić information content (AvgIpc) is 2.34. The standard InChI is InChI=1S/C13H15NO3S/c1-10(15)14-8-9-18-13(17)7-4-11-2-5-12(16)6-3-11/h2-7,16H,8-9H2,1H3,(H,14,15)/b7-4+. The highest BCUT2D eigenvalue weighted by Gasteiger charge is 1.98. The molecule has 0 saturated heterocycles. The molecule has 0 aliphatic rings. The lowest BCUT2D eigenvalue weighted by Gasteiger charge is -1.99. The Morgan fingerprint density at radius 2 is 2.00 bits per heavy atom. The maximum Gasteiger partial charge on any atom is 0.216 e. The Balaban J connectivity index is 2.31. The van der Waals surface area contributed by atoms with Crippen molar-refractivity contribution in [1.29, 1.82) is 0 Å². The Kier molecular flexibility index (Phi) is 6.00. The smallest absolute Gasteiger partial charge is 0.216 e. The van der Waals surface area contributed by atoms with E-state index in [-0.39, 0.29) is 16.8 Å². The third kappa shape index (κ3) is 6.10. The number of nitrogens with one attached hydrogen (secondary N) is 1. The molecule has 18 heavy (non-hydrogen) atoms. The highest BCUT2D eigenvalue weighted by molar-refractivity contribution is 8.14. The van der Waals surface area contributed by atoms with Crippen LogP contribution < -0.4 is 5.32 Å². The summed E-state index contributed by atoms with van der Waals surface area (Å²) in [6.45, 7) is 1.93. The predicted molar refractivity (Wildman–Crippen MR) is 73.3 cm³/mol. The van der Waals surface area contributed by atoms with Crippen molar-refractivity contribution in [3.63, 3.8) is 0 Å². The molecule has 0 fully saturated rings. The second kappa shape index (κ2) is 7.55. The first kappa shape index (κ1) is 14.3. The first-order chi connectivity index (χ1) is 8.58. The second-order valence-electron chi connectivity index (χ2n) is 3.58. The second-order valence-corrected chi connectivity index (χ2v) is 4.67. The number of hydrogen-bond donors (Lipinski definition) is 2. The summed E-state index contributed by atoms with van der Waals surface area (Å²) >= 11 is 1.15. The molecule has 2 N–H and O–H groups in total. The van der Waals surface area contributed by atoms with Crippen molar-refractivity contribution in [3.05, 3.63) is 35.9 Å². The van der Waals surface area contributed by atoms with Crippen LogP contribution in [0.1, 0.15) is 12.5 Å². The minimum atomic E-state index is -0.0947. The van der Waals surface area contributed by atoms with Crippen molar-refractivity contribution in [2.45, 2.75) is 6.92 Å². The highest BCUT2D eigenvalue weighted by Crippen LogP contribution is 2.11. The van der Waals surface area contributed by atoms with E-state index in [1.54, 1.807) is 30.3 Å². The predicted octanol–water partition coefficient (Wildman–Crippen LogP) is 1.80. The summed E-state index contributed by atoms with van der Waals surface area (Å²) in [5.74, 6) is 0.657. The molecule has 96 valence electrons. The van der Waals surface area contributed by atoms with Crippen molar-refractivity contribution in [2.24, 2.45) is 0 Å². The zero-order chi connectivity index (χ0) is 13.4. The maximum absolute atomic E-state index is 11.4. The fourth-order valence-corrected chi connectivity index (χ4v) is 1.75. The van der Waals surface area contributed by atoms with E-state index >= 15 is 0 Å². The lowest BCUT2D eigenvalue weighted by Crippen LogP contribution is -2.22. The van der Waals surface area contributed by atoms with E-state index in [1.165, 1.54) is 13.0 Å². The van der Waals surface area contributed by atoms with Gasteiger partial charge < -0.3 is 10.4 Å². The van der Waals surface area contributed by atoms with Gasteiger partial charge in [0.2, 0.25) is 11.0 Å². The third-order valence-corrected chi connectivity index (χ3v) is 2.85. The summed E-state index contributed by atoms with van der Waals surface area (Å²) in [4.78, 5) is 22.0. The first-order valence-corrected chi connectivity index (χ1v) is 6.45. The topological polar surface area (TPSA) is 66.4 Å². The quantitative estimate of drug-likeness (QED) is 0.629. The Bertz CT molecular complexity index is 440. The van der Waals surface area contributed by atoms with Gasteiger partial charge in [0.1, 0.15) is 5.75 Å². The molecular weight excluding hydrogens is 250 g/mol. The van der Waals surface area contributed by atoms with Gasteiger partial charge in [-0.2, -0.15) is 0 Å². The van der Waals surface area contributed by atoms with E-state index in [4.69, 9.17) is 5.11 Å². The highest BCUT2D eigenvalue weighted by atomic mass is 32.2. The van der Waals surface area contributed by atoms with Gasteiger partial charge in [-0.3, -0.25) is 9.59 Å². The Morgan fingerprint density at radius 1 is 1.33 bits per heavy atom. The summed E-state index contributed by atoms with van der Waals surface area (Å²) in [5.41, 5.74) is 0.851. The van der Waals surface area contributed by atoms with Crippen LogP contribution >= 0.6 is 11.8 Å². The van der Waals surface area contributed by atoms with E-state index in [9.17, 15) is 9.59 Å². The van der Waals surface area contributed by atoms with Crippen LogP contribution in [0, 0.1) is 0 Å². The lowest BCUT2D eigenvalue weighted by molar-refractivity contribution is -0.118. The number of thioether (sulfide) groups is 1. The first-order valence-electron chi connectivity index (χ1n) is 5.46. The summed E-state index contributed by atoms with van der Waals surface area (Å²) in [5, 5.41) is 11.6. The number of aromatic hydroxyl groups is 1. The van der Waals surface area contributed by atoms with Gasteiger partial charge in [0, 0.05) is 19.2 Å². The molecule has 0 saturated carbocycles. The Hall–Kier alpha value is -1.75. The van der Waals surface area contributed by atoms with Crippen LogP contribution in [0.2, 0.25) is 0 Å². The van der Waals surface area contributed by atoms with E-state index in [2.05, 4.69) is 5.32 Å². The SMILES string of the molecule is CC(=O)NCCSC(=O)/C=C/c1ccc(O)cc1. The number of carbonyl (C=O) groups is 2. The van der Waals surface area contributed by atoms with Crippen LogP contribution in [0.4, 0.5) is 0 Å². The van der Waals surface area contributed by atoms with Crippen LogP contribution in [-0.4, -0.2) is 28.4 Å². The van der Waals surface area contributed by atoms with Gasteiger partial charge in [0.15, 0.2) is 0 Å². The minimum absolute atomic E-state index is 0.0616. The van der Waals surface area contributed by atoms with Crippen molar-refractivity contribution in [2.75, 3.05) is 12.3 Å². The van der Waals surface area contributed by atoms with Gasteiger partial charge >= 0.3 is 0 Å². The van der Waals surface area contributed by atoms with E-state index in [0.717, 1.165) is 17.3 Å². The molecule has 0 atom stereocenters. The third-order valence-electron chi connectivity index (χ3n) is 2.03. The van der Waals surface area contributed by atoms with Crippen LogP contribution in [0.3, 0.4) is 0 Å². The molecule has 0 spiro atoms. The molecule has 4 nitrogen and oxygen atoms in total. The largest absolute Gasteiger partial charge is 0.508 e. The molecule has 0 unspecified atom stereocenters. The van der Waals surface area contributed by atoms with Crippen LogP contribution in [0.15, 0.2) is 30.3 Å². The summed E-state index contributed by atoms with van der Waals surface area (Å²) in [6.07, 6.45) is 3.16. The van der Waals surface area contributed by atoms with Gasteiger partial charge in [-0.05, 0) is 23.8 Å². The molecular formula is C13H15NO3S. The number of benzene rings is 1. The molecule has 1 rings (SSSR count). The summed E-state index contributed by atoms with van der Waals surface area (Å²) in [7, 11) is 0. The number of rotatable bonds is 5.